The fraction of sp³-hybridized carbons (Fsp3) is 0.375. The molecule has 21 heavy (non-hydrogen) atoms. The van der Waals surface area contributed by atoms with Crippen LogP contribution >= 0.6 is 0 Å². The number of rotatable bonds is 5. The smallest absolute Gasteiger partial charge is 0.274 e. The summed E-state index contributed by atoms with van der Waals surface area (Å²) in [7, 11) is 0. The van der Waals surface area contributed by atoms with Gasteiger partial charge < -0.3 is 10.0 Å². The molecule has 1 aliphatic rings. The normalized spacial score (nSPS) is 14.2. The van der Waals surface area contributed by atoms with E-state index in [0.717, 1.165) is 24.2 Å². The van der Waals surface area contributed by atoms with E-state index in [9.17, 15) is 4.79 Å². The maximum absolute atomic E-state index is 12.6. The summed E-state index contributed by atoms with van der Waals surface area (Å²) in [6, 6.07) is 11.8. The van der Waals surface area contributed by atoms with Crippen LogP contribution < -0.4 is 0 Å². The van der Waals surface area contributed by atoms with Crippen LogP contribution in [0.1, 0.15) is 29.0 Å². The van der Waals surface area contributed by atoms with Crippen molar-refractivity contribution in [1.29, 1.82) is 0 Å². The molecule has 3 rings (SSSR count). The van der Waals surface area contributed by atoms with Crippen LogP contribution in [0.25, 0.3) is 5.69 Å². The molecule has 0 aliphatic heterocycles. The van der Waals surface area contributed by atoms with Crippen molar-refractivity contribution in [3.63, 3.8) is 0 Å². The number of aryl methyl sites for hydroxylation is 1. The van der Waals surface area contributed by atoms with Crippen LogP contribution in [0, 0.1) is 6.92 Å². The lowest BCUT2D eigenvalue weighted by atomic mass is 10.3. The summed E-state index contributed by atoms with van der Waals surface area (Å²) in [5.74, 6) is -0.0932. The van der Waals surface area contributed by atoms with Crippen molar-refractivity contribution < 1.29 is 9.90 Å². The largest absolute Gasteiger partial charge is 0.395 e. The van der Waals surface area contributed by atoms with Gasteiger partial charge in [-0.3, -0.25) is 4.79 Å². The van der Waals surface area contributed by atoms with Crippen molar-refractivity contribution in [2.24, 2.45) is 0 Å². The maximum atomic E-state index is 12.6. The third-order valence-electron chi connectivity index (χ3n) is 3.70. The van der Waals surface area contributed by atoms with Gasteiger partial charge in [0.05, 0.1) is 12.3 Å². The van der Waals surface area contributed by atoms with Gasteiger partial charge in [-0.15, -0.1) is 0 Å². The summed E-state index contributed by atoms with van der Waals surface area (Å²) in [6.07, 6.45) is 2.04. The number of aliphatic hydroxyl groups is 1. The molecule has 2 aromatic rings. The molecule has 1 aromatic carbocycles. The fourth-order valence-electron chi connectivity index (χ4n) is 2.50. The van der Waals surface area contributed by atoms with E-state index in [0.29, 0.717) is 12.2 Å². The molecule has 1 aliphatic carbocycles. The molecule has 5 heteroatoms. The van der Waals surface area contributed by atoms with Gasteiger partial charge in [0.2, 0.25) is 0 Å². The standard InChI is InChI=1S/C16H19N3O2/c1-12-11-15(16(21)18(9-10-20)13-7-8-13)17-19(12)14-5-3-2-4-6-14/h2-6,11,13,20H,7-10H2,1H3. The van der Waals surface area contributed by atoms with Gasteiger partial charge in [-0.05, 0) is 38.0 Å². The van der Waals surface area contributed by atoms with Crippen LogP contribution in [0.4, 0.5) is 0 Å². The van der Waals surface area contributed by atoms with E-state index in [1.54, 1.807) is 9.58 Å². The molecule has 0 saturated heterocycles. The van der Waals surface area contributed by atoms with Crippen LogP contribution in [-0.4, -0.2) is 44.9 Å². The highest BCUT2D eigenvalue weighted by Crippen LogP contribution is 2.28. The molecule has 0 bridgehead atoms. The Hall–Kier alpha value is -2.14. The molecule has 0 radical (unpaired) electrons. The fourth-order valence-corrected chi connectivity index (χ4v) is 2.50. The zero-order valence-electron chi connectivity index (χ0n) is 12.1. The first-order chi connectivity index (χ1) is 10.2. The number of hydrogen-bond donors (Lipinski definition) is 1. The van der Waals surface area contributed by atoms with E-state index in [2.05, 4.69) is 5.10 Å². The highest BCUT2D eigenvalue weighted by molar-refractivity contribution is 5.93. The second-order valence-corrected chi connectivity index (χ2v) is 5.37. The molecule has 1 saturated carbocycles. The average molecular weight is 285 g/mol. The molecule has 1 N–H and O–H groups in total. The summed E-state index contributed by atoms with van der Waals surface area (Å²) in [5.41, 5.74) is 2.30. The maximum Gasteiger partial charge on any atom is 0.274 e. The highest BCUT2D eigenvalue weighted by atomic mass is 16.3. The number of hydrogen-bond acceptors (Lipinski definition) is 3. The van der Waals surface area contributed by atoms with Gasteiger partial charge in [0.15, 0.2) is 5.69 Å². The number of carbonyl (C=O) groups excluding carboxylic acids is 1. The number of benzene rings is 1. The SMILES string of the molecule is Cc1cc(C(=O)N(CCO)C2CC2)nn1-c1ccccc1. The molecule has 0 unspecified atom stereocenters. The van der Waals surface area contributed by atoms with Crippen LogP contribution in [0.3, 0.4) is 0 Å². The van der Waals surface area contributed by atoms with Crippen molar-refractivity contribution in [3.05, 3.63) is 47.8 Å². The second-order valence-electron chi connectivity index (χ2n) is 5.37. The molecule has 1 fully saturated rings. The van der Waals surface area contributed by atoms with Crippen LogP contribution in [-0.2, 0) is 0 Å². The van der Waals surface area contributed by atoms with Gasteiger partial charge in [0.1, 0.15) is 0 Å². The lowest BCUT2D eigenvalue weighted by Gasteiger charge is -2.19. The minimum Gasteiger partial charge on any atom is -0.395 e. The first-order valence-corrected chi connectivity index (χ1v) is 7.24. The average Bonchev–Trinajstić information content (AvgIpc) is 3.27. The highest BCUT2D eigenvalue weighted by Gasteiger charge is 2.33. The monoisotopic (exact) mass is 285 g/mol. The van der Waals surface area contributed by atoms with Gasteiger partial charge in [-0.2, -0.15) is 5.10 Å². The van der Waals surface area contributed by atoms with Crippen molar-refractivity contribution in [2.45, 2.75) is 25.8 Å². The Labute approximate surface area is 123 Å². The summed E-state index contributed by atoms with van der Waals surface area (Å²) in [4.78, 5) is 14.3. The summed E-state index contributed by atoms with van der Waals surface area (Å²) >= 11 is 0. The number of para-hydroxylation sites is 1. The molecule has 1 amide bonds. The zero-order chi connectivity index (χ0) is 14.8. The van der Waals surface area contributed by atoms with Gasteiger partial charge in [0, 0.05) is 18.3 Å². The molecular formula is C16H19N3O2. The van der Waals surface area contributed by atoms with E-state index in [1.165, 1.54) is 0 Å². The third kappa shape index (κ3) is 2.83. The Bertz CT molecular complexity index is 632. The Kier molecular flexibility index (Phi) is 3.75. The van der Waals surface area contributed by atoms with Crippen molar-refractivity contribution in [3.8, 4) is 5.69 Å². The molecule has 110 valence electrons. The van der Waals surface area contributed by atoms with E-state index in [-0.39, 0.29) is 18.6 Å². The van der Waals surface area contributed by atoms with E-state index in [4.69, 9.17) is 5.11 Å². The zero-order valence-corrected chi connectivity index (χ0v) is 12.1. The van der Waals surface area contributed by atoms with Crippen LogP contribution in [0.2, 0.25) is 0 Å². The predicted octanol–water partition coefficient (Wildman–Crippen LogP) is 1.78. The lowest BCUT2D eigenvalue weighted by molar-refractivity contribution is 0.0701. The molecular weight excluding hydrogens is 266 g/mol. The quantitative estimate of drug-likeness (QED) is 0.911. The Morgan fingerprint density at radius 1 is 1.38 bits per heavy atom. The topological polar surface area (TPSA) is 58.4 Å². The predicted molar refractivity (Wildman–Crippen MR) is 79.4 cm³/mol. The number of amides is 1. The van der Waals surface area contributed by atoms with Crippen molar-refractivity contribution in [1.82, 2.24) is 14.7 Å². The minimum atomic E-state index is -0.0932. The molecule has 0 spiro atoms. The van der Waals surface area contributed by atoms with Crippen LogP contribution in [0.5, 0.6) is 0 Å². The van der Waals surface area contributed by atoms with E-state index >= 15 is 0 Å². The number of aliphatic hydroxyl groups excluding tert-OH is 1. The van der Waals surface area contributed by atoms with Gasteiger partial charge in [-0.1, -0.05) is 18.2 Å². The number of nitrogens with zero attached hydrogens (tertiary/aromatic N) is 3. The molecule has 0 atom stereocenters. The third-order valence-corrected chi connectivity index (χ3v) is 3.70. The first-order valence-electron chi connectivity index (χ1n) is 7.24. The Balaban J connectivity index is 1.88. The molecule has 5 nitrogen and oxygen atoms in total. The second kappa shape index (κ2) is 5.69. The number of carbonyl (C=O) groups is 1. The molecule has 1 heterocycles. The summed E-state index contributed by atoms with van der Waals surface area (Å²) in [5, 5.41) is 13.6. The minimum absolute atomic E-state index is 0.0133. The first kappa shape index (κ1) is 13.8. The van der Waals surface area contributed by atoms with Gasteiger partial charge in [0.25, 0.3) is 5.91 Å². The van der Waals surface area contributed by atoms with Crippen LogP contribution in [0.15, 0.2) is 36.4 Å². The molecule has 1 aromatic heterocycles. The number of aromatic nitrogens is 2. The van der Waals surface area contributed by atoms with Crippen molar-refractivity contribution >= 4 is 5.91 Å². The Morgan fingerprint density at radius 3 is 2.71 bits per heavy atom. The van der Waals surface area contributed by atoms with Gasteiger partial charge >= 0.3 is 0 Å². The summed E-state index contributed by atoms with van der Waals surface area (Å²) < 4.78 is 1.78. The lowest BCUT2D eigenvalue weighted by Crippen LogP contribution is -2.35. The van der Waals surface area contributed by atoms with Crippen molar-refractivity contribution in [2.75, 3.05) is 13.2 Å². The van der Waals surface area contributed by atoms with E-state index < -0.39 is 0 Å². The Morgan fingerprint density at radius 2 is 2.10 bits per heavy atom. The summed E-state index contributed by atoms with van der Waals surface area (Å²) in [6.45, 7) is 2.30. The van der Waals surface area contributed by atoms with E-state index in [1.807, 2.05) is 43.3 Å². The van der Waals surface area contributed by atoms with Gasteiger partial charge in [-0.25, -0.2) is 4.68 Å².